The largest absolute Gasteiger partial charge is 0.350 e. The van der Waals surface area contributed by atoms with Gasteiger partial charge in [-0.2, -0.15) is 0 Å². The summed E-state index contributed by atoms with van der Waals surface area (Å²) in [6.45, 7) is 12.2. The zero-order valence-corrected chi connectivity index (χ0v) is 19.0. The van der Waals surface area contributed by atoms with E-state index in [1.54, 1.807) is 11.3 Å². The van der Waals surface area contributed by atoms with Crippen LogP contribution >= 0.6 is 11.3 Å². The number of hydrogen-bond acceptors (Lipinski definition) is 5. The summed E-state index contributed by atoms with van der Waals surface area (Å²) in [5, 5.41) is 3.84. The number of carbonyl (C=O) groups is 1. The average molecular weight is 417 g/mol. The Morgan fingerprint density at radius 1 is 1.17 bits per heavy atom. The van der Waals surface area contributed by atoms with Crippen molar-refractivity contribution in [3.63, 3.8) is 0 Å². The quantitative estimate of drug-likeness (QED) is 0.828. The molecule has 1 saturated carbocycles. The van der Waals surface area contributed by atoms with Crippen molar-refractivity contribution >= 4 is 27.5 Å². The number of thiophene rings is 1. The molecular formula is C22H32N4O2S. The molecule has 2 fully saturated rings. The summed E-state index contributed by atoms with van der Waals surface area (Å²) in [4.78, 5) is 35.0. The molecular weight excluding hydrogens is 384 g/mol. The van der Waals surface area contributed by atoms with E-state index < -0.39 is 0 Å². The van der Waals surface area contributed by atoms with Gasteiger partial charge >= 0.3 is 0 Å². The number of likely N-dealkylation sites (tertiary alicyclic amines) is 1. The van der Waals surface area contributed by atoms with Gasteiger partial charge in [0.1, 0.15) is 10.7 Å². The first-order valence-electron chi connectivity index (χ1n) is 10.7. The Morgan fingerprint density at radius 3 is 2.41 bits per heavy atom. The molecule has 1 aliphatic heterocycles. The fourth-order valence-corrected chi connectivity index (χ4v) is 5.33. The molecule has 3 heterocycles. The number of piperidine rings is 1. The maximum atomic E-state index is 13.5. The lowest BCUT2D eigenvalue weighted by Crippen LogP contribution is -2.48. The van der Waals surface area contributed by atoms with E-state index in [1.807, 2.05) is 32.3 Å². The Labute approximate surface area is 176 Å². The first-order chi connectivity index (χ1) is 13.6. The second kappa shape index (κ2) is 7.51. The highest BCUT2D eigenvalue weighted by atomic mass is 32.1. The zero-order valence-electron chi connectivity index (χ0n) is 18.2. The first-order valence-corrected chi connectivity index (χ1v) is 11.5. The third kappa shape index (κ3) is 4.26. The molecule has 7 heteroatoms. The average Bonchev–Trinajstić information content (AvgIpc) is 3.41. The Bertz CT molecular complexity index is 989. The van der Waals surface area contributed by atoms with E-state index in [9.17, 15) is 9.59 Å². The molecule has 2 aromatic rings. The monoisotopic (exact) mass is 416 g/mol. The summed E-state index contributed by atoms with van der Waals surface area (Å²) in [6.07, 6.45) is 4.04. The minimum absolute atomic E-state index is 0.0687. The van der Waals surface area contributed by atoms with Crippen molar-refractivity contribution in [2.45, 2.75) is 77.8 Å². The molecule has 0 radical (unpaired) electrons. The van der Waals surface area contributed by atoms with Crippen molar-refractivity contribution in [2.24, 2.45) is 0 Å². The lowest BCUT2D eigenvalue weighted by Gasteiger charge is -2.34. The van der Waals surface area contributed by atoms with Gasteiger partial charge in [-0.3, -0.25) is 19.1 Å². The number of carbonyl (C=O) groups excluding carboxylic acids is 1. The van der Waals surface area contributed by atoms with Gasteiger partial charge in [0.25, 0.3) is 5.56 Å². The molecule has 0 aromatic carbocycles. The fraction of sp³-hybridized carbons (Fsp3) is 0.682. The molecule has 1 amide bonds. The SMILES string of the molecule is Cc1sc2nc(C3CC3)n(C3CCN(CC(=O)NC(C)(C)C)CC3)c(=O)c2c1C. The van der Waals surface area contributed by atoms with Gasteiger partial charge in [0, 0.05) is 35.5 Å². The third-order valence-corrected chi connectivity index (χ3v) is 7.11. The standard InChI is InChI=1S/C22H32N4O2S/c1-13-14(2)29-20-18(13)21(28)26(19(23-20)15-6-7-15)16-8-10-25(11-9-16)12-17(27)24-22(3,4)5/h15-16H,6-12H2,1-5H3,(H,24,27). The van der Waals surface area contributed by atoms with Crippen molar-refractivity contribution in [3.05, 3.63) is 26.6 Å². The minimum atomic E-state index is -0.209. The number of rotatable bonds is 4. The molecule has 29 heavy (non-hydrogen) atoms. The van der Waals surface area contributed by atoms with E-state index in [0.717, 1.165) is 60.4 Å². The van der Waals surface area contributed by atoms with Crippen LogP contribution in [0.1, 0.15) is 74.7 Å². The smallest absolute Gasteiger partial charge is 0.262 e. The topological polar surface area (TPSA) is 67.2 Å². The minimum Gasteiger partial charge on any atom is -0.350 e. The van der Waals surface area contributed by atoms with Crippen LogP contribution in [0.25, 0.3) is 10.2 Å². The Hall–Kier alpha value is -1.73. The predicted molar refractivity (Wildman–Crippen MR) is 118 cm³/mol. The van der Waals surface area contributed by atoms with E-state index >= 15 is 0 Å². The number of amides is 1. The Balaban J connectivity index is 1.55. The summed E-state index contributed by atoms with van der Waals surface area (Å²) >= 11 is 1.64. The Kier molecular flexibility index (Phi) is 5.32. The summed E-state index contributed by atoms with van der Waals surface area (Å²) in [7, 11) is 0. The highest BCUT2D eigenvalue weighted by molar-refractivity contribution is 7.18. The van der Waals surface area contributed by atoms with Crippen LogP contribution < -0.4 is 10.9 Å². The summed E-state index contributed by atoms with van der Waals surface area (Å²) < 4.78 is 2.02. The van der Waals surface area contributed by atoms with Crippen LogP contribution in [-0.4, -0.2) is 45.5 Å². The van der Waals surface area contributed by atoms with Gasteiger partial charge in [-0.1, -0.05) is 0 Å². The van der Waals surface area contributed by atoms with E-state index in [0.29, 0.717) is 12.5 Å². The van der Waals surface area contributed by atoms with E-state index in [-0.39, 0.29) is 23.0 Å². The van der Waals surface area contributed by atoms with Gasteiger partial charge in [-0.25, -0.2) is 4.98 Å². The van der Waals surface area contributed by atoms with Crippen molar-refractivity contribution in [1.82, 2.24) is 19.8 Å². The number of aryl methyl sites for hydroxylation is 2. The van der Waals surface area contributed by atoms with Crippen molar-refractivity contribution in [3.8, 4) is 0 Å². The van der Waals surface area contributed by atoms with E-state index in [1.165, 1.54) is 4.88 Å². The van der Waals surface area contributed by atoms with Crippen LogP contribution in [0.3, 0.4) is 0 Å². The van der Waals surface area contributed by atoms with Crippen LogP contribution in [0.15, 0.2) is 4.79 Å². The van der Waals surface area contributed by atoms with Gasteiger partial charge in [-0.15, -0.1) is 11.3 Å². The molecule has 4 rings (SSSR count). The normalized spacial score (nSPS) is 19.1. The molecule has 2 aromatic heterocycles. The van der Waals surface area contributed by atoms with Crippen LogP contribution in [0.2, 0.25) is 0 Å². The molecule has 0 spiro atoms. The summed E-state index contributed by atoms with van der Waals surface area (Å²) in [6, 6.07) is 0.177. The summed E-state index contributed by atoms with van der Waals surface area (Å²) in [5.74, 6) is 1.50. The van der Waals surface area contributed by atoms with E-state index in [2.05, 4.69) is 17.1 Å². The van der Waals surface area contributed by atoms with Gasteiger partial charge in [0.05, 0.1) is 11.9 Å². The first kappa shape index (κ1) is 20.5. The lowest BCUT2D eigenvalue weighted by molar-refractivity contribution is -0.124. The van der Waals surface area contributed by atoms with Gasteiger partial charge in [0.2, 0.25) is 5.91 Å². The molecule has 1 aliphatic carbocycles. The predicted octanol–water partition coefficient (Wildman–Crippen LogP) is 3.50. The molecule has 0 atom stereocenters. The second-order valence-corrected chi connectivity index (χ2v) is 10.9. The molecule has 1 N–H and O–H groups in total. The molecule has 1 saturated heterocycles. The van der Waals surface area contributed by atoms with Gasteiger partial charge in [0.15, 0.2) is 0 Å². The number of fused-ring (bicyclic) bond motifs is 1. The number of nitrogens with one attached hydrogen (secondary N) is 1. The number of aromatic nitrogens is 2. The van der Waals surface area contributed by atoms with E-state index in [4.69, 9.17) is 4.98 Å². The third-order valence-electron chi connectivity index (χ3n) is 6.01. The fourth-order valence-electron chi connectivity index (χ4n) is 4.30. The molecule has 0 unspecified atom stereocenters. The maximum Gasteiger partial charge on any atom is 0.262 e. The van der Waals surface area contributed by atoms with Crippen LogP contribution in [0.4, 0.5) is 0 Å². The second-order valence-electron chi connectivity index (χ2n) is 9.69. The molecule has 0 bridgehead atoms. The highest BCUT2D eigenvalue weighted by Gasteiger charge is 2.34. The number of nitrogens with zero attached hydrogens (tertiary/aromatic N) is 3. The van der Waals surface area contributed by atoms with Gasteiger partial charge in [-0.05, 0) is 65.9 Å². The number of hydrogen-bond donors (Lipinski definition) is 1. The van der Waals surface area contributed by atoms with Gasteiger partial charge < -0.3 is 5.32 Å². The zero-order chi connectivity index (χ0) is 20.9. The highest BCUT2D eigenvalue weighted by Crippen LogP contribution is 2.41. The lowest BCUT2D eigenvalue weighted by atomic mass is 10.0. The van der Waals surface area contributed by atoms with Crippen LogP contribution in [0, 0.1) is 13.8 Å². The van der Waals surface area contributed by atoms with Crippen molar-refractivity contribution in [1.29, 1.82) is 0 Å². The molecule has 6 nitrogen and oxygen atoms in total. The van der Waals surface area contributed by atoms with Crippen molar-refractivity contribution < 1.29 is 4.79 Å². The molecule has 2 aliphatic rings. The summed E-state index contributed by atoms with van der Waals surface area (Å²) in [5.41, 5.74) is 1.01. The van der Waals surface area contributed by atoms with Crippen LogP contribution in [-0.2, 0) is 4.79 Å². The maximum absolute atomic E-state index is 13.5. The molecule has 158 valence electrons. The van der Waals surface area contributed by atoms with Crippen molar-refractivity contribution in [2.75, 3.05) is 19.6 Å². The van der Waals surface area contributed by atoms with Crippen LogP contribution in [0.5, 0.6) is 0 Å². The Morgan fingerprint density at radius 2 is 1.83 bits per heavy atom.